The number of amides is 2. The maximum atomic E-state index is 13.1. The van der Waals surface area contributed by atoms with Crippen molar-refractivity contribution in [3.63, 3.8) is 0 Å². The zero-order valence-electron chi connectivity index (χ0n) is 20.0. The Kier molecular flexibility index (Phi) is 9.73. The maximum Gasteiger partial charge on any atom is 0.407 e. The van der Waals surface area contributed by atoms with E-state index < -0.39 is 12.1 Å². The smallest absolute Gasteiger partial charge is 0.407 e. The lowest BCUT2D eigenvalue weighted by Gasteiger charge is -2.39. The molecule has 1 heterocycles. The van der Waals surface area contributed by atoms with Crippen LogP contribution < -0.4 is 16.4 Å². The first kappa shape index (κ1) is 26.4. The normalized spacial score (nSPS) is 24.5. The highest BCUT2D eigenvalue weighted by molar-refractivity contribution is 7.80. The molecule has 1 saturated carbocycles. The highest BCUT2D eigenvalue weighted by atomic mass is 32.1. The van der Waals surface area contributed by atoms with Gasteiger partial charge in [-0.15, -0.1) is 0 Å². The zero-order chi connectivity index (χ0) is 23.9. The Hall–Kier alpha value is -1.90. The number of alkyl carbamates (subject to hydrolysis) is 1. The SMILES string of the molecule is CCOC(=O)N[C@H](C(=S)N1CCC[C@H]1C(=O)NCC1CCC(C(=N)N)CC1)C(C)(C)CC. The summed E-state index contributed by atoms with van der Waals surface area (Å²) in [6.45, 7) is 9.62. The molecule has 8 nitrogen and oxygen atoms in total. The largest absolute Gasteiger partial charge is 0.450 e. The minimum atomic E-state index is -0.484. The third-order valence-electron chi connectivity index (χ3n) is 7.17. The van der Waals surface area contributed by atoms with Gasteiger partial charge in [-0.05, 0) is 63.2 Å². The van der Waals surface area contributed by atoms with Gasteiger partial charge in [0.1, 0.15) is 11.0 Å². The summed E-state index contributed by atoms with van der Waals surface area (Å²) in [6.07, 6.45) is 5.77. The Morgan fingerprint density at radius 3 is 2.44 bits per heavy atom. The van der Waals surface area contributed by atoms with Crippen molar-refractivity contribution in [2.24, 2.45) is 23.0 Å². The van der Waals surface area contributed by atoms with Crippen LogP contribution in [0.25, 0.3) is 0 Å². The fourth-order valence-corrected chi connectivity index (χ4v) is 5.19. The van der Waals surface area contributed by atoms with E-state index in [0.717, 1.165) is 44.9 Å². The number of rotatable bonds is 9. The summed E-state index contributed by atoms with van der Waals surface area (Å²) in [5.74, 6) is 0.898. The standard InChI is InChI=1S/C23H41N5O3S/c1-5-23(3,4)18(27-22(30)31-6-2)21(32)28-13-7-8-17(28)20(29)26-14-15-9-11-16(12-10-15)19(24)25/h15-18H,5-14H2,1-4H3,(H3,24,25)(H,26,29)(H,27,30)/t15?,16?,17-,18+/m0/s1. The van der Waals surface area contributed by atoms with Crippen molar-refractivity contribution in [1.82, 2.24) is 15.5 Å². The number of nitrogens with two attached hydrogens (primary N) is 1. The molecule has 0 bridgehead atoms. The first-order chi connectivity index (χ1) is 15.1. The predicted molar refractivity (Wildman–Crippen MR) is 131 cm³/mol. The molecule has 32 heavy (non-hydrogen) atoms. The van der Waals surface area contributed by atoms with Crippen molar-refractivity contribution >= 4 is 35.0 Å². The molecule has 9 heteroatoms. The molecule has 1 aliphatic heterocycles. The van der Waals surface area contributed by atoms with E-state index in [1.165, 1.54) is 0 Å². The summed E-state index contributed by atoms with van der Waals surface area (Å²) >= 11 is 5.84. The molecule has 2 amide bonds. The second kappa shape index (κ2) is 11.8. The minimum absolute atomic E-state index is 0.00253. The molecule has 0 radical (unpaired) electrons. The van der Waals surface area contributed by atoms with E-state index in [0.29, 0.717) is 30.6 Å². The van der Waals surface area contributed by atoms with Gasteiger partial charge in [-0.2, -0.15) is 0 Å². The molecule has 0 spiro atoms. The van der Waals surface area contributed by atoms with Crippen LogP contribution in [0.5, 0.6) is 0 Å². The Bertz CT molecular complexity index is 691. The number of likely N-dealkylation sites (tertiary alicyclic amines) is 1. The van der Waals surface area contributed by atoms with E-state index in [4.69, 9.17) is 28.1 Å². The summed E-state index contributed by atoms with van der Waals surface area (Å²) in [5.41, 5.74) is 5.36. The first-order valence-corrected chi connectivity index (χ1v) is 12.4. The fourth-order valence-electron chi connectivity index (χ4n) is 4.60. The molecule has 2 aliphatic rings. The number of nitrogens with one attached hydrogen (secondary N) is 3. The molecule has 0 unspecified atom stereocenters. The van der Waals surface area contributed by atoms with Gasteiger partial charge >= 0.3 is 6.09 Å². The highest BCUT2D eigenvalue weighted by Crippen LogP contribution is 2.31. The monoisotopic (exact) mass is 467 g/mol. The van der Waals surface area contributed by atoms with Gasteiger partial charge in [0.05, 0.1) is 18.5 Å². The summed E-state index contributed by atoms with van der Waals surface area (Å²) in [4.78, 5) is 27.8. The number of amidine groups is 1. The molecular formula is C23H41N5O3S. The number of ether oxygens (including phenoxy) is 1. The van der Waals surface area contributed by atoms with Crippen molar-refractivity contribution in [1.29, 1.82) is 5.41 Å². The molecule has 1 aliphatic carbocycles. The summed E-state index contributed by atoms with van der Waals surface area (Å²) in [7, 11) is 0. The zero-order valence-corrected chi connectivity index (χ0v) is 20.9. The lowest BCUT2D eigenvalue weighted by molar-refractivity contribution is -0.124. The number of thiocarbonyl (C=S) groups is 1. The Labute approximate surface area is 197 Å². The third kappa shape index (κ3) is 6.80. The maximum absolute atomic E-state index is 13.1. The summed E-state index contributed by atoms with van der Waals surface area (Å²) in [5, 5.41) is 13.7. The van der Waals surface area contributed by atoms with Crippen molar-refractivity contribution in [2.45, 2.75) is 84.7 Å². The average molecular weight is 468 g/mol. The molecule has 1 saturated heterocycles. The second-order valence-electron chi connectivity index (χ2n) is 9.75. The summed E-state index contributed by atoms with van der Waals surface area (Å²) < 4.78 is 5.10. The molecule has 2 atom stereocenters. The third-order valence-corrected chi connectivity index (χ3v) is 7.64. The number of carbonyl (C=O) groups is 2. The molecule has 2 fully saturated rings. The van der Waals surface area contributed by atoms with Crippen molar-refractivity contribution in [3.8, 4) is 0 Å². The first-order valence-electron chi connectivity index (χ1n) is 12.0. The van der Waals surface area contributed by atoms with Crippen LogP contribution in [0.2, 0.25) is 0 Å². The van der Waals surface area contributed by atoms with Gasteiger partial charge in [0, 0.05) is 19.0 Å². The number of carbonyl (C=O) groups excluding carboxylic acids is 2. The van der Waals surface area contributed by atoms with Crippen LogP contribution in [0.4, 0.5) is 4.79 Å². The van der Waals surface area contributed by atoms with Crippen LogP contribution in [0.1, 0.15) is 72.6 Å². The highest BCUT2D eigenvalue weighted by Gasteiger charge is 2.40. The lowest BCUT2D eigenvalue weighted by atomic mass is 9.81. The van der Waals surface area contributed by atoms with Crippen molar-refractivity contribution in [2.75, 3.05) is 19.7 Å². The van der Waals surface area contributed by atoms with Gasteiger partial charge < -0.3 is 26.0 Å². The predicted octanol–water partition coefficient (Wildman–Crippen LogP) is 3.19. The van der Waals surface area contributed by atoms with E-state index >= 15 is 0 Å². The molecule has 182 valence electrons. The minimum Gasteiger partial charge on any atom is -0.450 e. The molecule has 0 aromatic carbocycles. The molecule has 0 aromatic heterocycles. The van der Waals surface area contributed by atoms with E-state index in [1.54, 1.807) is 6.92 Å². The van der Waals surface area contributed by atoms with Crippen LogP contribution in [0.15, 0.2) is 0 Å². The van der Waals surface area contributed by atoms with E-state index in [-0.39, 0.29) is 29.1 Å². The lowest BCUT2D eigenvalue weighted by Crippen LogP contribution is -2.57. The van der Waals surface area contributed by atoms with Gasteiger partial charge in [0.25, 0.3) is 0 Å². The Morgan fingerprint density at radius 2 is 1.88 bits per heavy atom. The quantitative estimate of drug-likeness (QED) is 0.235. The topological polar surface area (TPSA) is 121 Å². The van der Waals surface area contributed by atoms with Gasteiger partial charge in [0.2, 0.25) is 5.91 Å². The number of nitrogens with zero attached hydrogens (tertiary/aromatic N) is 1. The van der Waals surface area contributed by atoms with E-state index in [2.05, 4.69) is 31.4 Å². The molecule has 0 aromatic rings. The Balaban J connectivity index is 1.99. The van der Waals surface area contributed by atoms with Crippen LogP contribution in [-0.4, -0.2) is 59.5 Å². The van der Waals surface area contributed by atoms with E-state index in [9.17, 15) is 9.59 Å². The second-order valence-corrected chi connectivity index (χ2v) is 10.2. The fraction of sp³-hybridized carbons (Fsp3) is 0.826. The van der Waals surface area contributed by atoms with Crippen LogP contribution in [0.3, 0.4) is 0 Å². The van der Waals surface area contributed by atoms with E-state index in [1.807, 2.05) is 4.90 Å². The molecular weight excluding hydrogens is 426 g/mol. The van der Waals surface area contributed by atoms with Gasteiger partial charge in [-0.1, -0.05) is 33.0 Å². The molecule has 2 rings (SSSR count). The van der Waals surface area contributed by atoms with Gasteiger partial charge in [-0.3, -0.25) is 10.2 Å². The Morgan fingerprint density at radius 1 is 1.22 bits per heavy atom. The van der Waals surface area contributed by atoms with Gasteiger partial charge in [0.15, 0.2) is 0 Å². The average Bonchev–Trinajstić information content (AvgIpc) is 3.26. The number of hydrogen-bond donors (Lipinski definition) is 4. The summed E-state index contributed by atoms with van der Waals surface area (Å²) in [6, 6.07) is -0.702. The van der Waals surface area contributed by atoms with Crippen molar-refractivity contribution in [3.05, 3.63) is 0 Å². The molecule has 5 N–H and O–H groups in total. The number of hydrogen-bond acceptors (Lipinski definition) is 5. The van der Waals surface area contributed by atoms with Crippen LogP contribution >= 0.6 is 12.2 Å². The van der Waals surface area contributed by atoms with Crippen LogP contribution in [-0.2, 0) is 9.53 Å². The van der Waals surface area contributed by atoms with Gasteiger partial charge in [-0.25, -0.2) is 4.79 Å². The van der Waals surface area contributed by atoms with Crippen molar-refractivity contribution < 1.29 is 14.3 Å². The van der Waals surface area contributed by atoms with Crippen LogP contribution in [0, 0.1) is 22.7 Å².